The van der Waals surface area contributed by atoms with Crippen molar-refractivity contribution in [2.24, 2.45) is 0 Å². The molecule has 5 nitrogen and oxygen atoms in total. The Balaban J connectivity index is 0.933. The second-order valence-electron chi connectivity index (χ2n) is 17.2. The molecule has 0 N–H and O–H groups in total. The van der Waals surface area contributed by atoms with Gasteiger partial charge in [-0.1, -0.05) is 164 Å². The van der Waals surface area contributed by atoms with Crippen LogP contribution in [0.3, 0.4) is 0 Å². The minimum atomic E-state index is 0.635. The zero-order valence-electron chi connectivity index (χ0n) is 35.6. The summed E-state index contributed by atoms with van der Waals surface area (Å²) in [6, 6.07) is 80.6. The van der Waals surface area contributed by atoms with Gasteiger partial charge in [-0.3, -0.25) is 0 Å². The van der Waals surface area contributed by atoms with Crippen LogP contribution in [0.1, 0.15) is 0 Å². The average molecular weight is 840 g/mol. The molecular weight excluding hydrogens is 803 g/mol. The summed E-state index contributed by atoms with van der Waals surface area (Å²) in [6.45, 7) is 0. The molecule has 14 rings (SSSR count). The Morgan fingerprint density at radius 3 is 1.56 bits per heavy atom. The van der Waals surface area contributed by atoms with Gasteiger partial charge >= 0.3 is 0 Å². The molecule has 3 aromatic heterocycles. The van der Waals surface area contributed by atoms with E-state index in [0.29, 0.717) is 17.5 Å². The zero-order chi connectivity index (χ0) is 43.3. The predicted molar refractivity (Wildman–Crippen MR) is 275 cm³/mol. The minimum Gasteiger partial charge on any atom is -0.309 e. The first-order chi connectivity index (χ1) is 32.7. The van der Waals surface area contributed by atoms with Gasteiger partial charge < -0.3 is 9.13 Å². The van der Waals surface area contributed by atoms with Gasteiger partial charge in [-0.15, -0.1) is 0 Å². The lowest BCUT2D eigenvalue weighted by Crippen LogP contribution is -2.01. The molecule has 66 heavy (non-hydrogen) atoms. The third-order valence-electron chi connectivity index (χ3n) is 13.5. The van der Waals surface area contributed by atoms with E-state index >= 15 is 0 Å². The molecule has 0 saturated carbocycles. The fraction of sp³-hybridized carbons (Fsp3) is 0. The fourth-order valence-corrected chi connectivity index (χ4v) is 10.5. The number of benzene rings is 11. The van der Waals surface area contributed by atoms with Crippen molar-refractivity contribution < 1.29 is 0 Å². The monoisotopic (exact) mass is 839 g/mol. The molecular formula is C61H37N5. The van der Waals surface area contributed by atoms with E-state index in [4.69, 9.17) is 15.0 Å². The molecule has 0 bridgehead atoms. The summed E-state index contributed by atoms with van der Waals surface area (Å²) in [5, 5.41) is 14.3. The summed E-state index contributed by atoms with van der Waals surface area (Å²) < 4.78 is 4.86. The van der Waals surface area contributed by atoms with Crippen LogP contribution < -0.4 is 0 Å². The van der Waals surface area contributed by atoms with Gasteiger partial charge in [-0.25, -0.2) is 15.0 Å². The van der Waals surface area contributed by atoms with Crippen molar-refractivity contribution in [3.8, 4) is 45.5 Å². The second kappa shape index (κ2) is 14.3. The van der Waals surface area contributed by atoms with E-state index in [9.17, 15) is 0 Å². The second-order valence-corrected chi connectivity index (χ2v) is 17.2. The van der Waals surface area contributed by atoms with Crippen molar-refractivity contribution in [2.75, 3.05) is 0 Å². The van der Waals surface area contributed by atoms with Crippen LogP contribution in [0.5, 0.6) is 0 Å². The summed E-state index contributed by atoms with van der Waals surface area (Å²) in [5.41, 5.74) is 9.87. The van der Waals surface area contributed by atoms with Crippen LogP contribution in [0.2, 0.25) is 0 Å². The standard InChI is InChI=1S/C61H37N5/c1-2-15-38(16-3-1)59-62-60(64-61(63-59)53-36-41-17-4-5-19-45(41)46-20-6-7-21-47(46)53)43-30-29-40-34-44(32-31-39(40)33-43)65-54-25-11-10-24-50(54)52-35-42-18-14-28-57(51(42)37-58(52)65)66-55-26-12-8-22-48(55)49-23-9-13-27-56(49)66/h1-37H. The number of nitrogens with zero attached hydrogens (tertiary/aromatic N) is 5. The fourth-order valence-electron chi connectivity index (χ4n) is 10.5. The Kier molecular flexibility index (Phi) is 7.91. The van der Waals surface area contributed by atoms with Crippen LogP contribution in [-0.4, -0.2) is 24.1 Å². The van der Waals surface area contributed by atoms with E-state index in [-0.39, 0.29) is 0 Å². The quantitative estimate of drug-likeness (QED) is 0.162. The van der Waals surface area contributed by atoms with Crippen molar-refractivity contribution in [1.82, 2.24) is 24.1 Å². The van der Waals surface area contributed by atoms with Crippen LogP contribution in [0.4, 0.5) is 0 Å². The first-order valence-electron chi connectivity index (χ1n) is 22.4. The predicted octanol–water partition coefficient (Wildman–Crippen LogP) is 15.7. The van der Waals surface area contributed by atoms with E-state index in [0.717, 1.165) is 43.9 Å². The molecule has 0 amide bonds. The number of para-hydroxylation sites is 3. The maximum absolute atomic E-state index is 5.25. The average Bonchev–Trinajstić information content (AvgIpc) is 3.89. The highest BCUT2D eigenvalue weighted by Crippen LogP contribution is 2.40. The third-order valence-corrected chi connectivity index (χ3v) is 13.5. The largest absolute Gasteiger partial charge is 0.309 e. The van der Waals surface area contributed by atoms with Crippen LogP contribution >= 0.6 is 0 Å². The van der Waals surface area contributed by atoms with Crippen LogP contribution in [0.15, 0.2) is 224 Å². The van der Waals surface area contributed by atoms with E-state index in [1.165, 1.54) is 70.8 Å². The molecule has 14 aromatic rings. The molecule has 0 aliphatic carbocycles. The van der Waals surface area contributed by atoms with Crippen molar-refractivity contribution >= 4 is 86.7 Å². The topological polar surface area (TPSA) is 48.5 Å². The first kappa shape index (κ1) is 36.5. The van der Waals surface area contributed by atoms with Gasteiger partial charge in [0, 0.05) is 49.3 Å². The summed E-state index contributed by atoms with van der Waals surface area (Å²) in [5.74, 6) is 1.93. The lowest BCUT2D eigenvalue weighted by molar-refractivity contribution is 1.08. The Bertz CT molecular complexity index is 4240. The lowest BCUT2D eigenvalue weighted by Gasteiger charge is -2.14. The Morgan fingerprint density at radius 1 is 0.258 bits per heavy atom. The number of rotatable bonds is 5. The number of hydrogen-bond donors (Lipinski definition) is 0. The van der Waals surface area contributed by atoms with Gasteiger partial charge in [0.25, 0.3) is 0 Å². The van der Waals surface area contributed by atoms with Gasteiger partial charge in [0.1, 0.15) is 0 Å². The zero-order valence-corrected chi connectivity index (χ0v) is 35.6. The normalized spacial score (nSPS) is 11.9. The first-order valence-corrected chi connectivity index (χ1v) is 22.4. The number of fused-ring (bicyclic) bond motifs is 11. The maximum atomic E-state index is 5.25. The van der Waals surface area contributed by atoms with Crippen molar-refractivity contribution in [1.29, 1.82) is 0 Å². The number of aromatic nitrogens is 5. The van der Waals surface area contributed by atoms with Crippen molar-refractivity contribution in [3.63, 3.8) is 0 Å². The van der Waals surface area contributed by atoms with Gasteiger partial charge in [-0.05, 0) is 98.4 Å². The van der Waals surface area contributed by atoms with E-state index in [2.05, 4.69) is 215 Å². The van der Waals surface area contributed by atoms with Gasteiger partial charge in [0.15, 0.2) is 17.5 Å². The SMILES string of the molecule is c1ccc(-c2nc(-c3ccc4cc(-n5c6ccccc6c6cc7cccc(-n8c9ccccc9c9ccccc98)c7cc65)ccc4c3)nc(-c3cc4ccccc4c4ccccc34)n2)cc1. The van der Waals surface area contributed by atoms with Gasteiger partial charge in [0.05, 0.1) is 27.8 Å². The van der Waals surface area contributed by atoms with Gasteiger partial charge in [0.2, 0.25) is 0 Å². The summed E-state index contributed by atoms with van der Waals surface area (Å²) in [7, 11) is 0. The highest BCUT2D eigenvalue weighted by molar-refractivity contribution is 6.17. The molecule has 5 heteroatoms. The lowest BCUT2D eigenvalue weighted by atomic mass is 9.97. The molecule has 11 aromatic carbocycles. The highest BCUT2D eigenvalue weighted by Gasteiger charge is 2.20. The minimum absolute atomic E-state index is 0.635. The molecule has 306 valence electrons. The van der Waals surface area contributed by atoms with Crippen LogP contribution in [-0.2, 0) is 0 Å². The molecule has 0 radical (unpaired) electrons. The highest BCUT2D eigenvalue weighted by atomic mass is 15.0. The summed E-state index contributed by atoms with van der Waals surface area (Å²) in [4.78, 5) is 15.5. The summed E-state index contributed by atoms with van der Waals surface area (Å²) >= 11 is 0. The molecule has 0 fully saturated rings. The molecule has 3 heterocycles. The molecule has 0 atom stereocenters. The van der Waals surface area contributed by atoms with Crippen LogP contribution in [0.25, 0.3) is 132 Å². The molecule has 0 aliphatic heterocycles. The van der Waals surface area contributed by atoms with E-state index in [1.807, 2.05) is 18.2 Å². The molecule has 0 unspecified atom stereocenters. The Hall–Kier alpha value is -8.93. The van der Waals surface area contributed by atoms with Crippen molar-refractivity contribution in [3.05, 3.63) is 224 Å². The van der Waals surface area contributed by atoms with Crippen LogP contribution in [0, 0.1) is 0 Å². The molecule has 0 saturated heterocycles. The molecule has 0 spiro atoms. The van der Waals surface area contributed by atoms with E-state index in [1.54, 1.807) is 0 Å². The number of hydrogen-bond acceptors (Lipinski definition) is 3. The summed E-state index contributed by atoms with van der Waals surface area (Å²) in [6.07, 6.45) is 0. The maximum Gasteiger partial charge on any atom is 0.164 e. The van der Waals surface area contributed by atoms with E-state index < -0.39 is 0 Å². The Labute approximate surface area is 379 Å². The van der Waals surface area contributed by atoms with Crippen molar-refractivity contribution in [2.45, 2.75) is 0 Å². The Morgan fingerprint density at radius 2 is 0.803 bits per heavy atom. The smallest absolute Gasteiger partial charge is 0.164 e. The molecule has 0 aliphatic rings. The third kappa shape index (κ3) is 5.57. The van der Waals surface area contributed by atoms with Gasteiger partial charge in [-0.2, -0.15) is 0 Å².